The second kappa shape index (κ2) is 2.49. The average Bonchev–Trinajstić information content (AvgIpc) is 2.56. The topological polar surface area (TPSA) is 0 Å². The predicted molar refractivity (Wildman–Crippen MR) is 53.1 cm³/mol. The Morgan fingerprint density at radius 1 is 1.25 bits per heavy atom. The molecule has 0 spiro atoms. The normalized spacial score (nSPS) is 40.8. The highest BCUT2D eigenvalue weighted by Crippen LogP contribution is 2.65. The van der Waals surface area contributed by atoms with Crippen molar-refractivity contribution >= 4 is 0 Å². The third-order valence-corrected chi connectivity index (χ3v) is 3.72. The molecule has 0 saturated heterocycles. The van der Waals surface area contributed by atoms with E-state index in [2.05, 4.69) is 20.8 Å². The van der Waals surface area contributed by atoms with E-state index >= 15 is 0 Å². The summed E-state index contributed by atoms with van der Waals surface area (Å²) in [6.07, 6.45) is 9.13. The van der Waals surface area contributed by atoms with Gasteiger partial charge < -0.3 is 0 Å². The van der Waals surface area contributed by atoms with Gasteiger partial charge in [-0.2, -0.15) is 0 Å². The summed E-state index contributed by atoms with van der Waals surface area (Å²) in [4.78, 5) is 0. The van der Waals surface area contributed by atoms with E-state index in [1.807, 2.05) is 0 Å². The van der Waals surface area contributed by atoms with Crippen molar-refractivity contribution in [1.82, 2.24) is 0 Å². The summed E-state index contributed by atoms with van der Waals surface area (Å²) in [5, 5.41) is 0. The minimum Gasteiger partial charge on any atom is -0.0602 e. The molecule has 0 radical (unpaired) electrons. The maximum absolute atomic E-state index is 2.39. The molecular formula is C12H22. The number of hydrogen-bond donors (Lipinski definition) is 0. The third-order valence-electron chi connectivity index (χ3n) is 3.72. The molecule has 0 heterocycles. The summed E-state index contributed by atoms with van der Waals surface area (Å²) in [6, 6.07) is 0. The summed E-state index contributed by atoms with van der Waals surface area (Å²) in [6.45, 7) is 7.18. The lowest BCUT2D eigenvalue weighted by Gasteiger charge is -2.29. The van der Waals surface area contributed by atoms with Crippen molar-refractivity contribution in [3.8, 4) is 0 Å². The first-order chi connectivity index (χ1) is 5.52. The summed E-state index contributed by atoms with van der Waals surface area (Å²) >= 11 is 0. The number of hydrogen-bond acceptors (Lipinski definition) is 0. The molecule has 12 heavy (non-hydrogen) atoms. The Kier molecular flexibility index (Phi) is 1.79. The molecule has 0 bridgehead atoms. The van der Waals surface area contributed by atoms with Gasteiger partial charge in [0.15, 0.2) is 0 Å². The van der Waals surface area contributed by atoms with Crippen molar-refractivity contribution in [2.45, 2.75) is 59.3 Å². The van der Waals surface area contributed by atoms with Gasteiger partial charge in [0.1, 0.15) is 0 Å². The van der Waals surface area contributed by atoms with Gasteiger partial charge in [-0.25, -0.2) is 0 Å². The first-order valence-corrected chi connectivity index (χ1v) is 5.52. The standard InChI is InChI=1S/C12H22/c1-11(2,3)9-12-7-5-4-6-10(12)8-12/h10H,4-9H2,1-3H3. The summed E-state index contributed by atoms with van der Waals surface area (Å²) in [5.41, 5.74) is 1.39. The summed E-state index contributed by atoms with van der Waals surface area (Å²) in [5.74, 6) is 1.13. The smallest absolute Gasteiger partial charge is 0.0261 e. The van der Waals surface area contributed by atoms with E-state index < -0.39 is 0 Å². The van der Waals surface area contributed by atoms with Crippen LogP contribution in [0.3, 0.4) is 0 Å². The molecule has 0 amide bonds. The monoisotopic (exact) mass is 166 g/mol. The molecule has 0 aromatic carbocycles. The average molecular weight is 166 g/mol. The molecule has 0 aromatic heterocycles. The van der Waals surface area contributed by atoms with Crippen LogP contribution in [0.1, 0.15) is 59.3 Å². The predicted octanol–water partition coefficient (Wildman–Crippen LogP) is 4.00. The van der Waals surface area contributed by atoms with Gasteiger partial charge in [0.05, 0.1) is 0 Å². The van der Waals surface area contributed by atoms with Crippen LogP contribution in [0.5, 0.6) is 0 Å². The minimum atomic E-state index is 0.562. The van der Waals surface area contributed by atoms with E-state index in [9.17, 15) is 0 Å². The van der Waals surface area contributed by atoms with Crippen molar-refractivity contribution in [3.63, 3.8) is 0 Å². The molecule has 0 heteroatoms. The van der Waals surface area contributed by atoms with Crippen molar-refractivity contribution in [3.05, 3.63) is 0 Å². The highest BCUT2D eigenvalue weighted by atomic mass is 14.6. The molecule has 2 aliphatic carbocycles. The summed E-state index contributed by atoms with van der Waals surface area (Å²) in [7, 11) is 0. The third kappa shape index (κ3) is 1.53. The Morgan fingerprint density at radius 2 is 2.00 bits per heavy atom. The van der Waals surface area contributed by atoms with Crippen molar-refractivity contribution in [2.24, 2.45) is 16.7 Å². The van der Waals surface area contributed by atoms with Gasteiger partial charge in [0.2, 0.25) is 0 Å². The van der Waals surface area contributed by atoms with E-state index in [0.717, 1.165) is 11.3 Å². The van der Waals surface area contributed by atoms with Crippen LogP contribution < -0.4 is 0 Å². The largest absolute Gasteiger partial charge is 0.0602 e. The quantitative estimate of drug-likeness (QED) is 0.552. The molecule has 0 aliphatic heterocycles. The first-order valence-electron chi connectivity index (χ1n) is 5.52. The van der Waals surface area contributed by atoms with Crippen molar-refractivity contribution < 1.29 is 0 Å². The van der Waals surface area contributed by atoms with Crippen LogP contribution in [0.4, 0.5) is 0 Å². The molecule has 2 fully saturated rings. The molecule has 0 nitrogen and oxygen atoms in total. The van der Waals surface area contributed by atoms with Crippen LogP contribution in [0.15, 0.2) is 0 Å². The molecule has 0 aromatic rings. The molecule has 70 valence electrons. The highest BCUT2D eigenvalue weighted by molar-refractivity contribution is 5.05. The Balaban J connectivity index is 1.96. The number of rotatable bonds is 1. The maximum atomic E-state index is 2.39. The molecular weight excluding hydrogens is 144 g/mol. The van der Waals surface area contributed by atoms with E-state index in [0.29, 0.717) is 5.41 Å². The van der Waals surface area contributed by atoms with E-state index in [1.165, 1.54) is 32.1 Å². The van der Waals surface area contributed by atoms with Gasteiger partial charge in [-0.3, -0.25) is 0 Å². The second-order valence-corrected chi connectivity index (χ2v) is 6.25. The Bertz CT molecular complexity index is 175. The highest BCUT2D eigenvalue weighted by Gasteiger charge is 2.55. The van der Waals surface area contributed by atoms with Gasteiger partial charge >= 0.3 is 0 Å². The molecule has 2 atom stereocenters. The van der Waals surface area contributed by atoms with Gasteiger partial charge in [0.25, 0.3) is 0 Å². The van der Waals surface area contributed by atoms with Crippen LogP contribution >= 0.6 is 0 Å². The zero-order valence-corrected chi connectivity index (χ0v) is 8.82. The van der Waals surface area contributed by atoms with Gasteiger partial charge in [-0.15, -0.1) is 0 Å². The summed E-state index contributed by atoms with van der Waals surface area (Å²) < 4.78 is 0. The lowest BCUT2D eigenvalue weighted by Crippen LogP contribution is -2.18. The fourth-order valence-corrected chi connectivity index (χ4v) is 3.38. The SMILES string of the molecule is CC(C)(C)CC12CCCCC1C2. The minimum absolute atomic E-state index is 0.562. The van der Waals surface area contributed by atoms with Gasteiger partial charge in [0, 0.05) is 0 Å². The lowest BCUT2D eigenvalue weighted by atomic mass is 9.76. The lowest BCUT2D eigenvalue weighted by molar-refractivity contribution is 0.219. The second-order valence-electron chi connectivity index (χ2n) is 6.25. The first kappa shape index (κ1) is 8.59. The fraction of sp³-hybridized carbons (Fsp3) is 1.00. The zero-order valence-electron chi connectivity index (χ0n) is 8.82. The molecule has 2 saturated carbocycles. The zero-order chi connectivity index (χ0) is 8.82. The molecule has 2 aliphatic rings. The molecule has 2 unspecified atom stereocenters. The van der Waals surface area contributed by atoms with E-state index in [4.69, 9.17) is 0 Å². The Labute approximate surface area is 76.7 Å². The molecule has 0 N–H and O–H groups in total. The van der Waals surface area contributed by atoms with Crippen LogP contribution in [-0.4, -0.2) is 0 Å². The van der Waals surface area contributed by atoms with Crippen LogP contribution in [-0.2, 0) is 0 Å². The van der Waals surface area contributed by atoms with E-state index in [-0.39, 0.29) is 0 Å². The van der Waals surface area contributed by atoms with Gasteiger partial charge in [-0.05, 0) is 42.4 Å². The number of fused-ring (bicyclic) bond motifs is 1. The van der Waals surface area contributed by atoms with Crippen LogP contribution in [0, 0.1) is 16.7 Å². The maximum Gasteiger partial charge on any atom is -0.0261 e. The van der Waals surface area contributed by atoms with Crippen molar-refractivity contribution in [2.75, 3.05) is 0 Å². The van der Waals surface area contributed by atoms with Crippen LogP contribution in [0.2, 0.25) is 0 Å². The Hall–Kier alpha value is 0. The fourth-order valence-electron chi connectivity index (χ4n) is 3.38. The van der Waals surface area contributed by atoms with Crippen molar-refractivity contribution in [1.29, 1.82) is 0 Å². The van der Waals surface area contributed by atoms with Crippen LogP contribution in [0.25, 0.3) is 0 Å². The molecule has 2 rings (SSSR count). The van der Waals surface area contributed by atoms with E-state index in [1.54, 1.807) is 6.42 Å². The van der Waals surface area contributed by atoms with Gasteiger partial charge in [-0.1, -0.05) is 33.6 Å². The Morgan fingerprint density at radius 3 is 2.58 bits per heavy atom.